The number of hydrogen-bond donors (Lipinski definition) is 2. The normalized spacial score (nSPS) is 10.5. The first kappa shape index (κ1) is 13.3. The third kappa shape index (κ3) is 3.41. The van der Waals surface area contributed by atoms with E-state index in [0.29, 0.717) is 29.7 Å². The van der Waals surface area contributed by atoms with E-state index >= 15 is 0 Å². The highest BCUT2D eigenvalue weighted by molar-refractivity contribution is 5.38. The monoisotopic (exact) mass is 262 g/mol. The summed E-state index contributed by atoms with van der Waals surface area (Å²) in [6.07, 6.45) is 5.24. The first-order valence-corrected chi connectivity index (χ1v) is 6.30. The molecule has 0 fully saturated rings. The molecule has 0 atom stereocenters. The van der Waals surface area contributed by atoms with Crippen LogP contribution in [0.4, 0.5) is 5.82 Å². The van der Waals surface area contributed by atoms with Gasteiger partial charge in [-0.3, -0.25) is 4.68 Å². The minimum atomic E-state index is 0.454. The number of aromatic nitrogens is 4. The van der Waals surface area contributed by atoms with Gasteiger partial charge in [0.15, 0.2) is 5.75 Å². The lowest BCUT2D eigenvalue weighted by Gasteiger charge is -2.06. The molecule has 0 aliphatic rings. The first-order chi connectivity index (χ1) is 9.25. The number of nitrogens with two attached hydrogens (primary N) is 1. The number of aryl methyl sites for hydroxylation is 2. The van der Waals surface area contributed by atoms with Crippen LogP contribution in [0.2, 0.25) is 0 Å². The van der Waals surface area contributed by atoms with Gasteiger partial charge in [0, 0.05) is 19.0 Å². The van der Waals surface area contributed by atoms with E-state index in [1.54, 1.807) is 12.3 Å². The second-order valence-electron chi connectivity index (χ2n) is 4.05. The standard InChI is InChI=1S/C12H18N6O/c1-3-5-18-8-9(7-14-18)19-12-6-11(17-13)15-10(4-2)16-12/h6-8H,3-5,13H2,1-2H3,(H,15,16,17). The molecular weight excluding hydrogens is 244 g/mol. The highest BCUT2D eigenvalue weighted by atomic mass is 16.5. The summed E-state index contributed by atoms with van der Waals surface area (Å²) < 4.78 is 7.49. The summed E-state index contributed by atoms with van der Waals surface area (Å²) in [5, 5.41) is 4.20. The van der Waals surface area contributed by atoms with E-state index in [-0.39, 0.29) is 0 Å². The van der Waals surface area contributed by atoms with Crippen LogP contribution < -0.4 is 16.0 Å². The van der Waals surface area contributed by atoms with Crippen molar-refractivity contribution in [3.63, 3.8) is 0 Å². The maximum absolute atomic E-state index is 5.66. The highest BCUT2D eigenvalue weighted by Crippen LogP contribution is 2.21. The molecule has 3 N–H and O–H groups in total. The Bertz CT molecular complexity index is 517. The van der Waals surface area contributed by atoms with Gasteiger partial charge in [0.05, 0.1) is 12.4 Å². The number of hydrazine groups is 1. The van der Waals surface area contributed by atoms with Crippen molar-refractivity contribution in [2.75, 3.05) is 5.43 Å². The smallest absolute Gasteiger partial charge is 0.224 e. The number of nitrogens with zero attached hydrogens (tertiary/aromatic N) is 4. The average Bonchev–Trinajstić information content (AvgIpc) is 2.86. The fraction of sp³-hybridized carbons (Fsp3) is 0.417. The van der Waals surface area contributed by atoms with E-state index in [0.717, 1.165) is 13.0 Å². The Morgan fingerprint density at radius 1 is 1.37 bits per heavy atom. The summed E-state index contributed by atoms with van der Waals surface area (Å²) in [4.78, 5) is 8.48. The predicted octanol–water partition coefficient (Wildman–Crippen LogP) is 1.72. The molecule has 0 saturated carbocycles. The molecule has 0 unspecified atom stereocenters. The van der Waals surface area contributed by atoms with Gasteiger partial charge in [-0.05, 0) is 6.42 Å². The van der Waals surface area contributed by atoms with Crippen molar-refractivity contribution >= 4 is 5.82 Å². The van der Waals surface area contributed by atoms with Gasteiger partial charge in [-0.25, -0.2) is 10.8 Å². The first-order valence-electron chi connectivity index (χ1n) is 6.30. The summed E-state index contributed by atoms with van der Waals surface area (Å²) in [5.74, 6) is 7.67. The molecular formula is C12H18N6O. The summed E-state index contributed by atoms with van der Waals surface area (Å²) >= 11 is 0. The topological polar surface area (TPSA) is 90.9 Å². The molecule has 0 aromatic carbocycles. The molecule has 19 heavy (non-hydrogen) atoms. The van der Waals surface area contributed by atoms with Crippen LogP contribution >= 0.6 is 0 Å². The number of nitrogen functional groups attached to an aromatic ring is 1. The van der Waals surface area contributed by atoms with Gasteiger partial charge in [-0.2, -0.15) is 10.1 Å². The highest BCUT2D eigenvalue weighted by Gasteiger charge is 2.06. The average molecular weight is 262 g/mol. The SMILES string of the molecule is CCCn1cc(Oc2cc(NN)nc(CC)n2)cn1. The Labute approximate surface area is 111 Å². The molecule has 7 nitrogen and oxygen atoms in total. The second-order valence-corrected chi connectivity index (χ2v) is 4.05. The molecule has 7 heteroatoms. The van der Waals surface area contributed by atoms with E-state index in [1.165, 1.54) is 0 Å². The molecule has 0 amide bonds. The molecule has 0 bridgehead atoms. The van der Waals surface area contributed by atoms with Crippen molar-refractivity contribution in [1.29, 1.82) is 0 Å². The van der Waals surface area contributed by atoms with Crippen LogP contribution in [0, 0.1) is 0 Å². The van der Waals surface area contributed by atoms with Crippen LogP contribution in [0.1, 0.15) is 26.1 Å². The minimum Gasteiger partial charge on any atom is -0.436 e. The van der Waals surface area contributed by atoms with Gasteiger partial charge in [0.2, 0.25) is 5.88 Å². The fourth-order valence-electron chi connectivity index (χ4n) is 1.63. The fourth-order valence-corrected chi connectivity index (χ4v) is 1.63. The summed E-state index contributed by atoms with van der Waals surface area (Å²) in [7, 11) is 0. The van der Waals surface area contributed by atoms with Crippen LogP contribution in [0.15, 0.2) is 18.5 Å². The lowest BCUT2D eigenvalue weighted by atomic mass is 10.4. The zero-order valence-corrected chi connectivity index (χ0v) is 11.1. The minimum absolute atomic E-state index is 0.454. The maximum atomic E-state index is 5.66. The summed E-state index contributed by atoms with van der Waals surface area (Å²) in [6, 6.07) is 1.65. The molecule has 0 radical (unpaired) electrons. The van der Waals surface area contributed by atoms with Crippen molar-refractivity contribution < 1.29 is 4.74 Å². The van der Waals surface area contributed by atoms with Gasteiger partial charge in [0.25, 0.3) is 0 Å². The zero-order chi connectivity index (χ0) is 13.7. The zero-order valence-electron chi connectivity index (χ0n) is 11.1. The largest absolute Gasteiger partial charge is 0.436 e. The van der Waals surface area contributed by atoms with Crippen molar-refractivity contribution in [3.05, 3.63) is 24.3 Å². The van der Waals surface area contributed by atoms with E-state index in [2.05, 4.69) is 27.4 Å². The van der Waals surface area contributed by atoms with E-state index < -0.39 is 0 Å². The Balaban J connectivity index is 2.16. The molecule has 0 saturated heterocycles. The van der Waals surface area contributed by atoms with E-state index in [4.69, 9.17) is 10.6 Å². The summed E-state index contributed by atoms with van der Waals surface area (Å²) in [6.45, 7) is 4.93. The van der Waals surface area contributed by atoms with Gasteiger partial charge in [-0.15, -0.1) is 0 Å². The Kier molecular flexibility index (Phi) is 4.30. The molecule has 0 aliphatic carbocycles. The number of nitrogens with one attached hydrogen (secondary N) is 1. The number of rotatable bonds is 6. The number of hydrogen-bond acceptors (Lipinski definition) is 6. The van der Waals surface area contributed by atoms with Crippen molar-refractivity contribution in [2.24, 2.45) is 5.84 Å². The molecule has 0 aliphatic heterocycles. The summed E-state index contributed by atoms with van der Waals surface area (Å²) in [5.41, 5.74) is 2.50. The number of ether oxygens (including phenoxy) is 1. The third-order valence-corrected chi connectivity index (χ3v) is 2.50. The Hall–Kier alpha value is -2.15. The molecule has 2 heterocycles. The molecule has 2 aromatic rings. The lowest BCUT2D eigenvalue weighted by Crippen LogP contribution is -2.10. The molecule has 0 spiro atoms. The van der Waals surface area contributed by atoms with Crippen molar-refractivity contribution in [2.45, 2.75) is 33.2 Å². The molecule has 102 valence electrons. The van der Waals surface area contributed by atoms with Crippen molar-refractivity contribution in [1.82, 2.24) is 19.7 Å². The van der Waals surface area contributed by atoms with Gasteiger partial charge in [0.1, 0.15) is 11.6 Å². The number of anilines is 1. The van der Waals surface area contributed by atoms with Crippen LogP contribution in [0.25, 0.3) is 0 Å². The van der Waals surface area contributed by atoms with Crippen LogP contribution in [0.3, 0.4) is 0 Å². The van der Waals surface area contributed by atoms with Crippen molar-refractivity contribution in [3.8, 4) is 11.6 Å². The quantitative estimate of drug-likeness (QED) is 0.608. The van der Waals surface area contributed by atoms with Crippen LogP contribution in [0.5, 0.6) is 11.6 Å². The lowest BCUT2D eigenvalue weighted by molar-refractivity contribution is 0.457. The van der Waals surface area contributed by atoms with Crippen LogP contribution in [-0.2, 0) is 13.0 Å². The van der Waals surface area contributed by atoms with Gasteiger partial charge < -0.3 is 10.2 Å². The van der Waals surface area contributed by atoms with Crippen LogP contribution in [-0.4, -0.2) is 19.7 Å². The van der Waals surface area contributed by atoms with E-state index in [1.807, 2.05) is 17.8 Å². The molecule has 2 aromatic heterocycles. The maximum Gasteiger partial charge on any atom is 0.224 e. The van der Waals surface area contributed by atoms with Gasteiger partial charge in [-0.1, -0.05) is 13.8 Å². The molecule has 2 rings (SSSR count). The van der Waals surface area contributed by atoms with E-state index in [9.17, 15) is 0 Å². The Morgan fingerprint density at radius 3 is 2.89 bits per heavy atom. The van der Waals surface area contributed by atoms with Gasteiger partial charge >= 0.3 is 0 Å². The third-order valence-electron chi connectivity index (χ3n) is 2.50. The predicted molar refractivity (Wildman–Crippen MR) is 71.8 cm³/mol. The Morgan fingerprint density at radius 2 is 2.21 bits per heavy atom. The second kappa shape index (κ2) is 6.14.